The Morgan fingerprint density at radius 2 is 2.58 bits per heavy atom. The Hall–Kier alpha value is -2.02. The van der Waals surface area contributed by atoms with Crippen LogP contribution < -0.4 is 10.8 Å². The van der Waals surface area contributed by atoms with Gasteiger partial charge in [0.05, 0.1) is 12.1 Å². The number of rotatable bonds is 5. The first-order valence-corrected chi connectivity index (χ1v) is 5.82. The lowest BCUT2D eigenvalue weighted by molar-refractivity contribution is -0.0328. The van der Waals surface area contributed by atoms with Crippen molar-refractivity contribution in [3.63, 3.8) is 0 Å². The van der Waals surface area contributed by atoms with Crippen molar-refractivity contribution >= 4 is 5.97 Å². The lowest BCUT2D eigenvalue weighted by atomic mass is 10.0. The van der Waals surface area contributed by atoms with Crippen LogP contribution >= 0.6 is 0 Å². The summed E-state index contributed by atoms with van der Waals surface area (Å²) in [5.74, 6) is -1.33. The molecule has 1 aromatic rings. The third kappa shape index (κ3) is 3.47. The second-order valence-electron chi connectivity index (χ2n) is 4.18. The number of hydroxylamine groups is 1. The molecule has 0 radical (unpaired) electrons. The predicted molar refractivity (Wildman–Crippen MR) is 61.6 cm³/mol. The zero-order valence-corrected chi connectivity index (χ0v) is 10.1. The maximum atomic E-state index is 10.8. The Morgan fingerprint density at radius 1 is 1.74 bits per heavy atom. The molecule has 0 spiro atoms. The summed E-state index contributed by atoms with van der Waals surface area (Å²) in [6, 6.07) is 2.15. The van der Waals surface area contributed by atoms with Crippen molar-refractivity contribution in [3.8, 4) is 6.07 Å². The molecule has 0 unspecified atom stereocenters. The molecular formula is C10H14N6O3. The summed E-state index contributed by atoms with van der Waals surface area (Å²) < 4.78 is 1.28. The first kappa shape index (κ1) is 13.4. The largest absolute Gasteiger partial charge is 0.475 e. The van der Waals surface area contributed by atoms with Gasteiger partial charge in [0, 0.05) is 12.6 Å². The van der Waals surface area contributed by atoms with Crippen LogP contribution in [0.25, 0.3) is 0 Å². The van der Waals surface area contributed by atoms with Crippen LogP contribution in [0.3, 0.4) is 0 Å². The number of nitriles is 1. The van der Waals surface area contributed by atoms with Gasteiger partial charge in [0.2, 0.25) is 5.82 Å². The van der Waals surface area contributed by atoms with Crippen LogP contribution in [0.2, 0.25) is 0 Å². The first-order chi connectivity index (χ1) is 9.20. The van der Waals surface area contributed by atoms with Crippen molar-refractivity contribution in [3.05, 3.63) is 12.2 Å². The Labute approximate surface area is 109 Å². The van der Waals surface area contributed by atoms with Crippen LogP contribution in [0.5, 0.6) is 0 Å². The van der Waals surface area contributed by atoms with Gasteiger partial charge in [-0.15, -0.1) is 10.2 Å². The summed E-state index contributed by atoms with van der Waals surface area (Å²) >= 11 is 0. The average Bonchev–Trinajstić information content (AvgIpc) is 2.88. The Kier molecular flexibility index (Phi) is 4.40. The fourth-order valence-electron chi connectivity index (χ4n) is 1.81. The van der Waals surface area contributed by atoms with Crippen LogP contribution in [-0.4, -0.2) is 44.5 Å². The third-order valence-electron chi connectivity index (χ3n) is 2.83. The highest BCUT2D eigenvalue weighted by Gasteiger charge is 2.20. The number of piperidine rings is 1. The number of aromatic nitrogens is 3. The molecule has 3 N–H and O–H groups in total. The number of aromatic carboxylic acids is 1. The highest BCUT2D eigenvalue weighted by Crippen LogP contribution is 2.07. The monoisotopic (exact) mass is 266 g/mol. The number of nitrogens with one attached hydrogen (secondary N) is 2. The number of carbonyl (C=O) groups is 1. The zero-order chi connectivity index (χ0) is 13.7. The maximum Gasteiger partial charge on any atom is 0.374 e. The Bertz CT molecular complexity index is 474. The fraction of sp³-hybridized carbons (Fsp3) is 0.600. The predicted octanol–water partition coefficient (Wildman–Crippen LogP) is -0.901. The molecule has 102 valence electrons. The second kappa shape index (κ2) is 6.24. The summed E-state index contributed by atoms with van der Waals surface area (Å²) in [7, 11) is 0. The molecule has 2 heterocycles. The van der Waals surface area contributed by atoms with E-state index in [9.17, 15) is 4.79 Å². The number of carboxylic acids is 1. The van der Waals surface area contributed by atoms with Gasteiger partial charge in [0.25, 0.3) is 0 Å². The number of hydrogen-bond acceptors (Lipinski definition) is 7. The van der Waals surface area contributed by atoms with Crippen LogP contribution in [0.15, 0.2) is 6.33 Å². The van der Waals surface area contributed by atoms with E-state index in [0.29, 0.717) is 6.54 Å². The van der Waals surface area contributed by atoms with Gasteiger partial charge in [-0.25, -0.2) is 4.79 Å². The number of nitrogens with zero attached hydrogens (tertiary/aromatic N) is 4. The van der Waals surface area contributed by atoms with E-state index in [1.165, 1.54) is 10.9 Å². The molecule has 1 aliphatic rings. The molecule has 1 saturated heterocycles. The molecule has 1 fully saturated rings. The molecule has 9 nitrogen and oxygen atoms in total. The van der Waals surface area contributed by atoms with E-state index < -0.39 is 5.97 Å². The fourth-order valence-corrected chi connectivity index (χ4v) is 1.81. The minimum atomic E-state index is -1.16. The van der Waals surface area contributed by atoms with Crippen molar-refractivity contribution < 1.29 is 14.7 Å². The topological polar surface area (TPSA) is 125 Å². The van der Waals surface area contributed by atoms with Crippen molar-refractivity contribution in [2.24, 2.45) is 0 Å². The lowest BCUT2D eigenvalue weighted by Gasteiger charge is -2.26. The van der Waals surface area contributed by atoms with Crippen LogP contribution in [0, 0.1) is 11.3 Å². The molecule has 0 saturated carbocycles. The molecule has 19 heavy (non-hydrogen) atoms. The normalized spacial score (nSPS) is 22.9. The van der Waals surface area contributed by atoms with Gasteiger partial charge < -0.3 is 10.4 Å². The van der Waals surface area contributed by atoms with Crippen molar-refractivity contribution in [2.45, 2.75) is 31.7 Å². The second-order valence-corrected chi connectivity index (χ2v) is 4.18. The van der Waals surface area contributed by atoms with E-state index in [4.69, 9.17) is 15.2 Å². The molecule has 1 aromatic heterocycles. The molecular weight excluding hydrogens is 252 g/mol. The Morgan fingerprint density at radius 3 is 3.21 bits per heavy atom. The van der Waals surface area contributed by atoms with Crippen LogP contribution in [0.1, 0.15) is 23.5 Å². The summed E-state index contributed by atoms with van der Waals surface area (Å²) in [6.07, 6.45) is 2.86. The van der Waals surface area contributed by atoms with E-state index in [1.54, 1.807) is 0 Å². The Balaban J connectivity index is 1.74. The average molecular weight is 266 g/mol. The molecule has 0 bridgehead atoms. The quantitative estimate of drug-likeness (QED) is 0.585. The van der Waals surface area contributed by atoms with Crippen LogP contribution in [0.4, 0.5) is 0 Å². The van der Waals surface area contributed by atoms with Gasteiger partial charge in [-0.1, -0.05) is 0 Å². The smallest absolute Gasteiger partial charge is 0.374 e. The molecule has 0 aromatic carbocycles. The zero-order valence-electron chi connectivity index (χ0n) is 10.1. The van der Waals surface area contributed by atoms with E-state index in [0.717, 1.165) is 12.8 Å². The number of carboxylic acid groups (broad SMARTS) is 1. The van der Waals surface area contributed by atoms with Gasteiger partial charge in [-0.05, 0) is 12.8 Å². The molecule has 2 atom stereocenters. The summed E-state index contributed by atoms with van der Waals surface area (Å²) in [5, 5.41) is 27.6. The highest BCUT2D eigenvalue weighted by atomic mass is 16.7. The third-order valence-corrected chi connectivity index (χ3v) is 2.83. The summed E-state index contributed by atoms with van der Waals surface area (Å²) in [4.78, 5) is 16.0. The van der Waals surface area contributed by atoms with Gasteiger partial charge >= 0.3 is 5.97 Å². The van der Waals surface area contributed by atoms with E-state index >= 15 is 0 Å². The van der Waals surface area contributed by atoms with Crippen molar-refractivity contribution in [1.82, 2.24) is 25.6 Å². The van der Waals surface area contributed by atoms with Crippen molar-refractivity contribution in [1.29, 1.82) is 5.26 Å². The molecule has 9 heteroatoms. The van der Waals surface area contributed by atoms with Gasteiger partial charge in [0.15, 0.2) is 0 Å². The van der Waals surface area contributed by atoms with Gasteiger partial charge in [-0.2, -0.15) is 10.7 Å². The minimum absolute atomic E-state index is 0.00676. The van der Waals surface area contributed by atoms with Gasteiger partial charge in [0.1, 0.15) is 13.1 Å². The lowest BCUT2D eigenvalue weighted by Crippen LogP contribution is -2.47. The van der Waals surface area contributed by atoms with E-state index in [-0.39, 0.29) is 24.6 Å². The molecule has 0 aliphatic carbocycles. The van der Waals surface area contributed by atoms with Crippen molar-refractivity contribution in [2.75, 3.05) is 6.54 Å². The first-order valence-electron chi connectivity index (χ1n) is 5.82. The SMILES string of the molecule is N#C[C@@H]1CC[C@@H](NOCn2cnnc2C(=O)O)CN1. The standard InChI is InChI=1S/C10H14N6O3/c11-3-7-1-2-8(4-12-7)15-19-6-16-5-13-14-9(16)10(17)18/h5,7-8,12,15H,1-2,4,6H2,(H,17,18)/t7-,8+/m0/s1. The summed E-state index contributed by atoms with van der Waals surface area (Å²) in [6.45, 7) is 0.638. The summed E-state index contributed by atoms with van der Waals surface area (Å²) in [5.41, 5.74) is 2.83. The molecule has 1 aliphatic heterocycles. The van der Waals surface area contributed by atoms with Crippen LogP contribution in [-0.2, 0) is 11.6 Å². The van der Waals surface area contributed by atoms with E-state index in [2.05, 4.69) is 27.1 Å². The number of hydrogen-bond donors (Lipinski definition) is 3. The minimum Gasteiger partial charge on any atom is -0.475 e. The molecule has 0 amide bonds. The maximum absolute atomic E-state index is 10.8. The molecule has 2 rings (SSSR count). The van der Waals surface area contributed by atoms with Gasteiger partial charge in [-0.3, -0.25) is 9.40 Å². The highest BCUT2D eigenvalue weighted by molar-refractivity contribution is 5.83. The van der Waals surface area contributed by atoms with E-state index in [1.807, 2.05) is 0 Å².